The van der Waals surface area contributed by atoms with Gasteiger partial charge in [-0.25, -0.2) is 4.99 Å². The van der Waals surface area contributed by atoms with E-state index in [1.165, 1.54) is 42.0 Å². The third kappa shape index (κ3) is 6.37. The van der Waals surface area contributed by atoms with Crippen LogP contribution in [0, 0.1) is 10.1 Å². The van der Waals surface area contributed by atoms with Crippen molar-refractivity contribution in [1.29, 1.82) is 0 Å². The summed E-state index contributed by atoms with van der Waals surface area (Å²) < 4.78 is 10.2. The Kier molecular flexibility index (Phi) is 8.83. The minimum absolute atomic E-state index is 0.0345. The summed E-state index contributed by atoms with van der Waals surface area (Å²) in [5.41, 5.74) is 1.55. The Morgan fingerprint density at radius 3 is 2.66 bits per heavy atom. The van der Waals surface area contributed by atoms with E-state index < -0.39 is 16.1 Å². The summed E-state index contributed by atoms with van der Waals surface area (Å²) in [5.74, 6) is -0.230. The number of nitro benzene ring substituents is 1. The number of aliphatic imine (C=N–C) groups is 1. The summed E-state index contributed by atoms with van der Waals surface area (Å²) in [4.78, 5) is 43.0. The molecule has 2 aromatic rings. The summed E-state index contributed by atoms with van der Waals surface area (Å²) in [5, 5.41) is 13.7. The van der Waals surface area contributed by atoms with Crippen LogP contribution in [0.1, 0.15) is 31.7 Å². The molecule has 0 aliphatic carbocycles. The van der Waals surface area contributed by atoms with Crippen LogP contribution >= 0.6 is 11.8 Å². The molecule has 0 radical (unpaired) electrons. The fourth-order valence-electron chi connectivity index (χ4n) is 3.56. The summed E-state index contributed by atoms with van der Waals surface area (Å²) in [6.45, 7) is 4.75. The standard InChI is InChI=1S/C24H28N4O6S/c1-15(2)17-7-5-6-8-18(17)26-24-27(11-12-33-3)23(30)21(35-24)14-22(29)25-19-10-9-16(34-4)13-20(19)28(31)32/h5-10,13,15,21H,11-12,14H2,1-4H3,(H,25,29). The van der Waals surface area contributed by atoms with Gasteiger partial charge in [0.15, 0.2) is 5.17 Å². The lowest BCUT2D eigenvalue weighted by molar-refractivity contribution is -0.384. The Labute approximate surface area is 207 Å². The van der Waals surface area contributed by atoms with Crippen molar-refractivity contribution in [2.75, 3.05) is 32.7 Å². The summed E-state index contributed by atoms with van der Waals surface area (Å²) >= 11 is 1.20. The van der Waals surface area contributed by atoms with Gasteiger partial charge < -0.3 is 14.8 Å². The minimum Gasteiger partial charge on any atom is -0.496 e. The number of carbonyl (C=O) groups excluding carboxylic acids is 2. The Morgan fingerprint density at radius 1 is 1.26 bits per heavy atom. The number of rotatable bonds is 10. The predicted molar refractivity (Wildman–Crippen MR) is 135 cm³/mol. The second kappa shape index (κ2) is 11.8. The molecule has 1 aliphatic rings. The van der Waals surface area contributed by atoms with E-state index in [0.29, 0.717) is 24.1 Å². The van der Waals surface area contributed by atoms with Gasteiger partial charge in [0, 0.05) is 13.5 Å². The van der Waals surface area contributed by atoms with Gasteiger partial charge in [-0.1, -0.05) is 43.8 Å². The van der Waals surface area contributed by atoms with Crippen LogP contribution in [0.4, 0.5) is 17.1 Å². The second-order valence-electron chi connectivity index (χ2n) is 8.09. The van der Waals surface area contributed by atoms with Crippen molar-refractivity contribution in [3.05, 3.63) is 58.1 Å². The van der Waals surface area contributed by atoms with Gasteiger partial charge in [0.1, 0.15) is 16.7 Å². The Balaban J connectivity index is 1.81. The summed E-state index contributed by atoms with van der Waals surface area (Å²) in [7, 11) is 2.94. The number of benzene rings is 2. The van der Waals surface area contributed by atoms with E-state index in [1.807, 2.05) is 24.3 Å². The summed E-state index contributed by atoms with van der Waals surface area (Å²) in [6.07, 6.45) is -0.166. The molecule has 1 heterocycles. The van der Waals surface area contributed by atoms with Gasteiger partial charge in [-0.15, -0.1) is 0 Å². The molecule has 186 valence electrons. The first-order chi connectivity index (χ1) is 16.7. The van der Waals surface area contributed by atoms with Crippen molar-refractivity contribution in [2.45, 2.75) is 31.4 Å². The molecular formula is C24H28N4O6S. The van der Waals surface area contributed by atoms with Crippen LogP contribution in [0.3, 0.4) is 0 Å². The number of hydrogen-bond acceptors (Lipinski definition) is 8. The van der Waals surface area contributed by atoms with Crippen molar-refractivity contribution < 1.29 is 24.0 Å². The molecule has 3 rings (SSSR count). The maximum atomic E-state index is 13.1. The molecule has 0 bridgehead atoms. The third-order valence-corrected chi connectivity index (χ3v) is 6.54. The van der Waals surface area contributed by atoms with E-state index in [-0.39, 0.29) is 29.6 Å². The molecular weight excluding hydrogens is 472 g/mol. The number of amidine groups is 1. The number of nitrogens with one attached hydrogen (secondary N) is 1. The minimum atomic E-state index is -0.714. The monoisotopic (exact) mass is 500 g/mol. The van der Waals surface area contributed by atoms with Crippen molar-refractivity contribution in [3.8, 4) is 5.75 Å². The highest BCUT2D eigenvalue weighted by molar-refractivity contribution is 8.15. The molecule has 2 aromatic carbocycles. The van der Waals surface area contributed by atoms with Crippen LogP contribution in [0.25, 0.3) is 0 Å². The van der Waals surface area contributed by atoms with Crippen LogP contribution in [-0.4, -0.2) is 59.4 Å². The number of anilines is 1. The number of thioether (sulfide) groups is 1. The van der Waals surface area contributed by atoms with Gasteiger partial charge in [-0.2, -0.15) is 0 Å². The number of ether oxygens (including phenoxy) is 2. The lowest BCUT2D eigenvalue weighted by atomic mass is 10.0. The van der Waals surface area contributed by atoms with E-state index >= 15 is 0 Å². The fourth-order valence-corrected chi connectivity index (χ4v) is 4.74. The van der Waals surface area contributed by atoms with Crippen LogP contribution < -0.4 is 10.1 Å². The molecule has 2 amide bonds. The normalized spacial score (nSPS) is 16.7. The third-order valence-electron chi connectivity index (χ3n) is 5.36. The molecule has 35 heavy (non-hydrogen) atoms. The van der Waals surface area contributed by atoms with E-state index in [2.05, 4.69) is 19.2 Å². The van der Waals surface area contributed by atoms with Crippen molar-refractivity contribution in [3.63, 3.8) is 0 Å². The number of amides is 2. The molecule has 10 nitrogen and oxygen atoms in total. The zero-order valence-electron chi connectivity index (χ0n) is 20.0. The zero-order chi connectivity index (χ0) is 25.5. The maximum Gasteiger partial charge on any atom is 0.296 e. The van der Waals surface area contributed by atoms with Gasteiger partial charge in [0.05, 0.1) is 36.9 Å². The first-order valence-electron chi connectivity index (χ1n) is 11.0. The van der Waals surface area contributed by atoms with Crippen LogP contribution in [-0.2, 0) is 14.3 Å². The quantitative estimate of drug-likeness (QED) is 0.380. The fraction of sp³-hybridized carbons (Fsp3) is 0.375. The summed E-state index contributed by atoms with van der Waals surface area (Å²) in [6, 6.07) is 11.9. The molecule has 0 saturated carbocycles. The number of methoxy groups -OCH3 is 2. The molecule has 1 atom stereocenters. The average molecular weight is 501 g/mol. The largest absolute Gasteiger partial charge is 0.496 e. The van der Waals surface area contributed by atoms with Gasteiger partial charge >= 0.3 is 0 Å². The highest BCUT2D eigenvalue weighted by atomic mass is 32.2. The van der Waals surface area contributed by atoms with Crippen LogP contribution in [0.15, 0.2) is 47.5 Å². The average Bonchev–Trinajstić information content (AvgIpc) is 3.11. The lowest BCUT2D eigenvalue weighted by Crippen LogP contribution is -2.35. The number of hydrogen-bond donors (Lipinski definition) is 1. The SMILES string of the molecule is COCCN1C(=O)C(CC(=O)Nc2ccc(OC)cc2[N+](=O)[O-])SC1=Nc1ccccc1C(C)C. The molecule has 1 N–H and O–H groups in total. The van der Waals surface area contributed by atoms with Gasteiger partial charge in [0.25, 0.3) is 5.69 Å². The van der Waals surface area contributed by atoms with Crippen molar-refractivity contribution in [2.24, 2.45) is 4.99 Å². The molecule has 1 unspecified atom stereocenters. The van der Waals surface area contributed by atoms with E-state index in [0.717, 1.165) is 11.3 Å². The predicted octanol–water partition coefficient (Wildman–Crippen LogP) is 4.33. The Hall–Kier alpha value is -3.44. The molecule has 1 aliphatic heterocycles. The molecule has 0 spiro atoms. The van der Waals surface area contributed by atoms with Crippen LogP contribution in [0.5, 0.6) is 5.75 Å². The van der Waals surface area contributed by atoms with Gasteiger partial charge in [-0.3, -0.25) is 24.6 Å². The number of nitrogens with zero attached hydrogens (tertiary/aromatic N) is 3. The first-order valence-corrected chi connectivity index (χ1v) is 11.9. The number of nitro groups is 1. The Morgan fingerprint density at radius 2 is 2.00 bits per heavy atom. The highest BCUT2D eigenvalue weighted by Gasteiger charge is 2.39. The van der Waals surface area contributed by atoms with E-state index in [4.69, 9.17) is 14.5 Å². The van der Waals surface area contributed by atoms with Gasteiger partial charge in [-0.05, 0) is 29.7 Å². The molecule has 1 fully saturated rings. The van der Waals surface area contributed by atoms with E-state index in [1.54, 1.807) is 7.11 Å². The van der Waals surface area contributed by atoms with Crippen molar-refractivity contribution >= 4 is 45.8 Å². The van der Waals surface area contributed by atoms with E-state index in [9.17, 15) is 19.7 Å². The van der Waals surface area contributed by atoms with Crippen molar-refractivity contribution in [1.82, 2.24) is 4.90 Å². The topological polar surface area (TPSA) is 123 Å². The molecule has 11 heteroatoms. The van der Waals surface area contributed by atoms with Crippen LogP contribution in [0.2, 0.25) is 0 Å². The molecule has 0 aromatic heterocycles. The smallest absolute Gasteiger partial charge is 0.296 e. The zero-order valence-corrected chi connectivity index (χ0v) is 20.8. The molecule has 1 saturated heterocycles. The maximum absolute atomic E-state index is 13.1. The van der Waals surface area contributed by atoms with Gasteiger partial charge in [0.2, 0.25) is 11.8 Å². The lowest BCUT2D eigenvalue weighted by Gasteiger charge is -2.16. The number of carbonyl (C=O) groups is 2. The Bertz CT molecular complexity index is 1140. The number of para-hydroxylation sites is 1. The first kappa shape index (κ1) is 26.2. The second-order valence-corrected chi connectivity index (χ2v) is 9.26. The highest BCUT2D eigenvalue weighted by Crippen LogP contribution is 2.35.